The van der Waals surface area contributed by atoms with Crippen molar-refractivity contribution in [3.63, 3.8) is 0 Å². The molecule has 2 aromatic rings. The van der Waals surface area contributed by atoms with Gasteiger partial charge in [-0.2, -0.15) is 0 Å². The minimum Gasteiger partial charge on any atom is -0.361 e. The quantitative estimate of drug-likeness (QED) is 0.368. The highest BCUT2D eigenvalue weighted by Gasteiger charge is 2.10. The van der Waals surface area contributed by atoms with Crippen molar-refractivity contribution >= 4 is 16.9 Å². The second kappa shape index (κ2) is 10.2. The minimum absolute atomic E-state index is 0.890. The van der Waals surface area contributed by atoms with Gasteiger partial charge in [0.1, 0.15) is 0 Å². The Hall–Kier alpha value is -2.01. The molecule has 0 radical (unpaired) electrons. The van der Waals surface area contributed by atoms with Gasteiger partial charge < -0.3 is 20.5 Å². The van der Waals surface area contributed by atoms with Gasteiger partial charge in [-0.25, -0.2) is 0 Å². The van der Waals surface area contributed by atoms with Crippen LogP contribution in [0.5, 0.6) is 0 Å². The molecule has 0 unspecified atom stereocenters. The molecule has 1 aromatic carbocycles. The molecule has 3 rings (SSSR count). The first kappa shape index (κ1) is 18.8. The molecule has 3 N–H and O–H groups in total. The summed E-state index contributed by atoms with van der Waals surface area (Å²) in [4.78, 5) is 10.6. The summed E-state index contributed by atoms with van der Waals surface area (Å²) in [6.07, 6.45) is 8.28. The van der Waals surface area contributed by atoms with E-state index >= 15 is 0 Å². The van der Waals surface area contributed by atoms with Crippen LogP contribution in [-0.2, 0) is 6.42 Å². The molecule has 1 aliphatic rings. The Bertz CT molecular complexity index is 685. The fourth-order valence-corrected chi connectivity index (χ4v) is 3.64. The molecule has 0 amide bonds. The number of aromatic nitrogens is 1. The molecule has 26 heavy (non-hydrogen) atoms. The lowest BCUT2D eigenvalue weighted by Crippen LogP contribution is -2.38. The van der Waals surface area contributed by atoms with Crippen molar-refractivity contribution in [1.82, 2.24) is 20.5 Å². The topological polar surface area (TPSA) is 55.5 Å². The number of benzene rings is 1. The number of guanidine groups is 1. The number of likely N-dealkylation sites (tertiary alicyclic amines) is 1. The van der Waals surface area contributed by atoms with Gasteiger partial charge >= 0.3 is 0 Å². The maximum atomic E-state index is 4.73. The van der Waals surface area contributed by atoms with Crippen molar-refractivity contribution in [3.05, 3.63) is 36.0 Å². The van der Waals surface area contributed by atoms with E-state index in [-0.39, 0.29) is 0 Å². The third kappa shape index (κ3) is 5.49. The lowest BCUT2D eigenvalue weighted by Gasteiger charge is -2.14. The van der Waals surface area contributed by atoms with Gasteiger partial charge in [-0.3, -0.25) is 4.99 Å². The highest BCUT2D eigenvalue weighted by Crippen LogP contribution is 2.17. The maximum Gasteiger partial charge on any atom is 0.191 e. The number of nitrogens with one attached hydrogen (secondary N) is 3. The van der Waals surface area contributed by atoms with E-state index in [1.165, 1.54) is 55.4 Å². The first-order valence-electron chi connectivity index (χ1n) is 10.2. The summed E-state index contributed by atoms with van der Waals surface area (Å²) in [5.74, 6) is 0.938. The SMILES string of the molecule is CCNC(=NCCCCN1CCCC1)NCCc1c[nH]c2ccccc12. The summed E-state index contributed by atoms with van der Waals surface area (Å²) in [6.45, 7) is 8.62. The number of fused-ring (bicyclic) bond motifs is 1. The van der Waals surface area contributed by atoms with Crippen molar-refractivity contribution < 1.29 is 0 Å². The predicted octanol–water partition coefficient (Wildman–Crippen LogP) is 3.14. The number of hydrogen-bond acceptors (Lipinski definition) is 2. The van der Waals surface area contributed by atoms with Gasteiger partial charge in [-0.15, -0.1) is 0 Å². The van der Waals surface area contributed by atoms with Crippen molar-refractivity contribution in [2.24, 2.45) is 4.99 Å². The number of aromatic amines is 1. The molecule has 5 heteroatoms. The molecule has 0 bridgehead atoms. The van der Waals surface area contributed by atoms with Crippen LogP contribution in [-0.4, -0.2) is 55.1 Å². The van der Waals surface area contributed by atoms with Gasteiger partial charge in [-0.05, 0) is 70.3 Å². The van der Waals surface area contributed by atoms with Crippen LogP contribution >= 0.6 is 0 Å². The van der Waals surface area contributed by atoms with E-state index in [4.69, 9.17) is 4.99 Å². The molecule has 0 spiro atoms. The fourth-order valence-electron chi connectivity index (χ4n) is 3.64. The number of H-pyrrole nitrogens is 1. The number of aliphatic imine (C=N–C) groups is 1. The van der Waals surface area contributed by atoms with Gasteiger partial charge in [0.2, 0.25) is 0 Å². The normalized spacial score (nSPS) is 15.7. The number of unbranched alkanes of at least 4 members (excludes halogenated alkanes) is 1. The molecule has 1 aromatic heterocycles. The van der Waals surface area contributed by atoms with Crippen LogP contribution in [0.4, 0.5) is 0 Å². The molecule has 0 aliphatic carbocycles. The molecular formula is C21H33N5. The van der Waals surface area contributed by atoms with Crippen LogP contribution in [0.3, 0.4) is 0 Å². The van der Waals surface area contributed by atoms with Crippen molar-refractivity contribution in [1.29, 1.82) is 0 Å². The van der Waals surface area contributed by atoms with Crippen molar-refractivity contribution in [3.8, 4) is 0 Å². The number of nitrogens with zero attached hydrogens (tertiary/aromatic N) is 2. The molecule has 5 nitrogen and oxygen atoms in total. The van der Waals surface area contributed by atoms with Crippen LogP contribution in [0, 0.1) is 0 Å². The Morgan fingerprint density at radius 3 is 2.85 bits per heavy atom. The molecule has 1 aliphatic heterocycles. The second-order valence-corrected chi connectivity index (χ2v) is 7.05. The first-order chi connectivity index (χ1) is 12.9. The highest BCUT2D eigenvalue weighted by molar-refractivity contribution is 5.83. The molecule has 142 valence electrons. The van der Waals surface area contributed by atoms with Crippen LogP contribution in [0.15, 0.2) is 35.5 Å². The zero-order chi connectivity index (χ0) is 18.0. The van der Waals surface area contributed by atoms with E-state index in [2.05, 4.69) is 57.9 Å². The zero-order valence-corrected chi connectivity index (χ0v) is 16.1. The average molecular weight is 356 g/mol. The second-order valence-electron chi connectivity index (χ2n) is 7.05. The minimum atomic E-state index is 0.890. The van der Waals surface area contributed by atoms with E-state index in [1.54, 1.807) is 0 Å². The molecular weight excluding hydrogens is 322 g/mol. The Morgan fingerprint density at radius 2 is 2.00 bits per heavy atom. The fraction of sp³-hybridized carbons (Fsp3) is 0.571. The van der Waals surface area contributed by atoms with Gasteiger partial charge in [0.15, 0.2) is 5.96 Å². The van der Waals surface area contributed by atoms with E-state index in [9.17, 15) is 0 Å². The Kier molecular flexibility index (Phi) is 7.37. The maximum absolute atomic E-state index is 4.73. The van der Waals surface area contributed by atoms with E-state index in [1.807, 2.05) is 0 Å². The Labute approximate surface area is 157 Å². The third-order valence-electron chi connectivity index (χ3n) is 5.06. The molecule has 0 saturated carbocycles. The Morgan fingerprint density at radius 1 is 1.15 bits per heavy atom. The van der Waals surface area contributed by atoms with Crippen LogP contribution in [0.25, 0.3) is 10.9 Å². The number of para-hydroxylation sites is 1. The zero-order valence-electron chi connectivity index (χ0n) is 16.1. The molecule has 2 heterocycles. The average Bonchev–Trinajstić information content (AvgIpc) is 3.31. The molecule has 1 fully saturated rings. The lowest BCUT2D eigenvalue weighted by molar-refractivity contribution is 0.331. The van der Waals surface area contributed by atoms with Gasteiger partial charge in [0.25, 0.3) is 0 Å². The third-order valence-corrected chi connectivity index (χ3v) is 5.06. The van der Waals surface area contributed by atoms with Crippen molar-refractivity contribution in [2.45, 2.75) is 39.0 Å². The first-order valence-corrected chi connectivity index (χ1v) is 10.2. The summed E-state index contributed by atoms with van der Waals surface area (Å²) in [5, 5.41) is 8.14. The van der Waals surface area contributed by atoms with Crippen LogP contribution < -0.4 is 10.6 Å². The smallest absolute Gasteiger partial charge is 0.191 e. The predicted molar refractivity (Wildman–Crippen MR) is 111 cm³/mol. The molecule has 1 saturated heterocycles. The van der Waals surface area contributed by atoms with Gasteiger partial charge in [0.05, 0.1) is 0 Å². The van der Waals surface area contributed by atoms with Crippen LogP contribution in [0.2, 0.25) is 0 Å². The number of rotatable bonds is 9. The van der Waals surface area contributed by atoms with E-state index < -0.39 is 0 Å². The van der Waals surface area contributed by atoms with Gasteiger partial charge in [-0.1, -0.05) is 18.2 Å². The van der Waals surface area contributed by atoms with Crippen LogP contribution in [0.1, 0.15) is 38.2 Å². The number of hydrogen-bond donors (Lipinski definition) is 3. The highest BCUT2D eigenvalue weighted by atomic mass is 15.2. The molecule has 0 atom stereocenters. The summed E-state index contributed by atoms with van der Waals surface area (Å²) >= 11 is 0. The van der Waals surface area contributed by atoms with Gasteiger partial charge in [0, 0.05) is 36.7 Å². The van der Waals surface area contributed by atoms with E-state index in [0.29, 0.717) is 0 Å². The largest absolute Gasteiger partial charge is 0.361 e. The monoisotopic (exact) mass is 355 g/mol. The standard InChI is InChI=1S/C21H33N5/c1-2-22-21(23-12-5-6-14-26-15-7-8-16-26)24-13-11-18-17-25-20-10-4-3-9-19(18)20/h3-4,9-10,17,25H,2,5-8,11-16H2,1H3,(H2,22,23,24). The van der Waals surface area contributed by atoms with Crippen molar-refractivity contribution in [2.75, 3.05) is 39.3 Å². The summed E-state index contributed by atoms with van der Waals surface area (Å²) < 4.78 is 0. The summed E-state index contributed by atoms with van der Waals surface area (Å²) in [7, 11) is 0. The van der Waals surface area contributed by atoms with E-state index in [0.717, 1.165) is 38.4 Å². The Balaban J connectivity index is 1.39. The summed E-state index contributed by atoms with van der Waals surface area (Å²) in [5.41, 5.74) is 2.57. The summed E-state index contributed by atoms with van der Waals surface area (Å²) in [6, 6.07) is 8.47. The lowest BCUT2D eigenvalue weighted by atomic mass is 10.1.